The smallest absolute Gasteiger partial charge is 0.358 e. The molecule has 21 heavy (non-hydrogen) atoms. The van der Waals surface area contributed by atoms with Gasteiger partial charge in [-0.2, -0.15) is 0 Å². The minimum absolute atomic E-state index is 0.0604. The van der Waals surface area contributed by atoms with Gasteiger partial charge in [-0.05, 0) is 25.0 Å². The molecular formula is C14H15ClFN3O2. The first-order valence-corrected chi connectivity index (χ1v) is 7.01. The Balaban J connectivity index is 2.37. The van der Waals surface area contributed by atoms with Gasteiger partial charge in [-0.25, -0.2) is 13.9 Å². The molecule has 0 fully saturated rings. The van der Waals surface area contributed by atoms with Crippen LogP contribution in [-0.2, 0) is 13.0 Å². The summed E-state index contributed by atoms with van der Waals surface area (Å²) in [6.45, 7) is 2.06. The van der Waals surface area contributed by atoms with Gasteiger partial charge in [0.05, 0.1) is 12.2 Å². The van der Waals surface area contributed by atoms with Gasteiger partial charge in [0.2, 0.25) is 0 Å². The van der Waals surface area contributed by atoms with Crippen molar-refractivity contribution in [3.8, 4) is 0 Å². The van der Waals surface area contributed by atoms with Crippen molar-refractivity contribution in [2.24, 2.45) is 0 Å². The molecule has 1 heterocycles. The fourth-order valence-electron chi connectivity index (χ4n) is 2.05. The van der Waals surface area contributed by atoms with Crippen LogP contribution in [0.15, 0.2) is 18.2 Å². The fourth-order valence-corrected chi connectivity index (χ4v) is 2.27. The lowest BCUT2D eigenvalue weighted by molar-refractivity contribution is 0.0689. The summed E-state index contributed by atoms with van der Waals surface area (Å²) in [6.07, 6.45) is 2.24. The van der Waals surface area contributed by atoms with E-state index in [0.29, 0.717) is 12.1 Å². The fraction of sp³-hybridized carbons (Fsp3) is 0.357. The number of carbonyl (C=O) groups is 1. The van der Waals surface area contributed by atoms with Crippen LogP contribution in [0, 0.1) is 5.82 Å². The van der Waals surface area contributed by atoms with Crippen LogP contribution in [0.1, 0.15) is 41.5 Å². The van der Waals surface area contributed by atoms with Gasteiger partial charge in [0.25, 0.3) is 0 Å². The highest BCUT2D eigenvalue weighted by Gasteiger charge is 2.20. The van der Waals surface area contributed by atoms with Crippen LogP contribution in [-0.4, -0.2) is 26.1 Å². The van der Waals surface area contributed by atoms with Crippen molar-refractivity contribution >= 4 is 17.6 Å². The summed E-state index contributed by atoms with van der Waals surface area (Å²) in [4.78, 5) is 11.2. The molecular weight excluding hydrogens is 297 g/mol. The first kappa shape index (κ1) is 15.4. The Morgan fingerprint density at radius 2 is 2.24 bits per heavy atom. The maximum absolute atomic E-state index is 13.8. The standard InChI is InChI=1S/C14H15ClFN3O2/c1-2-3-7-12-13(14(20)21)17-18-19(12)8-9-10(15)5-4-6-11(9)16/h4-6H,2-3,7-8H2,1H3,(H,20,21). The number of unbranched alkanes of at least 4 members (excludes halogenated alkanes) is 1. The Hall–Kier alpha value is -1.95. The molecule has 0 amide bonds. The third-order valence-electron chi connectivity index (χ3n) is 3.18. The number of halogens is 2. The van der Waals surface area contributed by atoms with E-state index in [1.165, 1.54) is 16.8 Å². The molecule has 0 aliphatic heterocycles. The SMILES string of the molecule is CCCCc1c(C(=O)O)nnn1Cc1c(F)cccc1Cl. The first-order chi connectivity index (χ1) is 10.0. The van der Waals surface area contributed by atoms with Gasteiger partial charge in [-0.1, -0.05) is 36.2 Å². The average molecular weight is 312 g/mol. The highest BCUT2D eigenvalue weighted by atomic mass is 35.5. The third-order valence-corrected chi connectivity index (χ3v) is 3.53. The lowest BCUT2D eigenvalue weighted by atomic mass is 10.1. The summed E-state index contributed by atoms with van der Waals surface area (Å²) in [6, 6.07) is 4.41. The number of aromatic carboxylic acids is 1. The highest BCUT2D eigenvalue weighted by Crippen LogP contribution is 2.21. The Morgan fingerprint density at radius 1 is 1.48 bits per heavy atom. The first-order valence-electron chi connectivity index (χ1n) is 6.63. The van der Waals surface area contributed by atoms with E-state index in [4.69, 9.17) is 16.7 Å². The molecule has 1 aromatic heterocycles. The van der Waals surface area contributed by atoms with E-state index in [1.807, 2.05) is 6.92 Å². The van der Waals surface area contributed by atoms with Gasteiger partial charge in [0.15, 0.2) is 5.69 Å². The summed E-state index contributed by atoms with van der Waals surface area (Å²) in [7, 11) is 0. The van der Waals surface area contributed by atoms with Crippen molar-refractivity contribution in [2.45, 2.75) is 32.7 Å². The van der Waals surface area contributed by atoms with Crippen LogP contribution in [0.3, 0.4) is 0 Å². The molecule has 0 radical (unpaired) electrons. The molecule has 0 saturated heterocycles. The van der Waals surface area contributed by atoms with E-state index in [0.717, 1.165) is 12.8 Å². The number of hydrogen-bond donors (Lipinski definition) is 1. The topological polar surface area (TPSA) is 68.0 Å². The molecule has 7 heteroatoms. The molecule has 0 aliphatic rings. The molecule has 2 aromatic rings. The summed E-state index contributed by atoms with van der Waals surface area (Å²) < 4.78 is 15.2. The van der Waals surface area contributed by atoms with E-state index in [-0.39, 0.29) is 22.8 Å². The zero-order valence-electron chi connectivity index (χ0n) is 11.5. The minimum atomic E-state index is -1.13. The summed E-state index contributed by atoms with van der Waals surface area (Å²) in [5, 5.41) is 16.9. The molecule has 0 aliphatic carbocycles. The Kier molecular flexibility index (Phi) is 4.90. The number of hydrogen-bond acceptors (Lipinski definition) is 3. The van der Waals surface area contributed by atoms with Gasteiger partial charge in [0, 0.05) is 10.6 Å². The molecule has 2 rings (SSSR count). The monoisotopic (exact) mass is 311 g/mol. The lowest BCUT2D eigenvalue weighted by Crippen LogP contribution is -2.11. The van der Waals surface area contributed by atoms with Crippen LogP contribution in [0.2, 0.25) is 5.02 Å². The van der Waals surface area contributed by atoms with Crippen molar-refractivity contribution in [1.82, 2.24) is 15.0 Å². The van der Waals surface area contributed by atoms with E-state index >= 15 is 0 Å². The van der Waals surface area contributed by atoms with Gasteiger partial charge >= 0.3 is 5.97 Å². The third kappa shape index (κ3) is 3.39. The lowest BCUT2D eigenvalue weighted by Gasteiger charge is -2.09. The highest BCUT2D eigenvalue weighted by molar-refractivity contribution is 6.31. The van der Waals surface area contributed by atoms with Crippen LogP contribution in [0.5, 0.6) is 0 Å². The Morgan fingerprint density at radius 3 is 2.86 bits per heavy atom. The van der Waals surface area contributed by atoms with Crippen molar-refractivity contribution in [1.29, 1.82) is 0 Å². The largest absolute Gasteiger partial charge is 0.476 e. The Labute approximate surface area is 126 Å². The maximum Gasteiger partial charge on any atom is 0.358 e. The number of carboxylic acids is 1. The van der Waals surface area contributed by atoms with Crippen LogP contribution in [0.4, 0.5) is 4.39 Å². The van der Waals surface area contributed by atoms with Crippen molar-refractivity contribution < 1.29 is 14.3 Å². The molecule has 0 bridgehead atoms. The quantitative estimate of drug-likeness (QED) is 0.889. The van der Waals surface area contributed by atoms with Gasteiger partial charge in [-0.15, -0.1) is 5.10 Å². The molecule has 0 spiro atoms. The molecule has 0 unspecified atom stereocenters. The number of nitrogens with zero attached hydrogens (tertiary/aromatic N) is 3. The number of aromatic nitrogens is 3. The molecule has 0 atom stereocenters. The van der Waals surface area contributed by atoms with E-state index in [9.17, 15) is 9.18 Å². The van der Waals surface area contributed by atoms with Crippen LogP contribution < -0.4 is 0 Å². The summed E-state index contributed by atoms with van der Waals surface area (Å²) in [5.74, 6) is -1.58. The predicted octanol–water partition coefficient (Wildman–Crippen LogP) is 3.16. The van der Waals surface area contributed by atoms with Gasteiger partial charge in [-0.3, -0.25) is 0 Å². The number of rotatable bonds is 6. The number of carboxylic acid groups (broad SMARTS) is 1. The zero-order valence-corrected chi connectivity index (χ0v) is 12.3. The van der Waals surface area contributed by atoms with Crippen molar-refractivity contribution in [2.75, 3.05) is 0 Å². The molecule has 1 N–H and O–H groups in total. The predicted molar refractivity (Wildman–Crippen MR) is 76.1 cm³/mol. The molecule has 5 nitrogen and oxygen atoms in total. The summed E-state index contributed by atoms with van der Waals surface area (Å²) >= 11 is 5.99. The summed E-state index contributed by atoms with van der Waals surface area (Å²) in [5.41, 5.74) is 0.679. The van der Waals surface area contributed by atoms with Crippen molar-refractivity contribution in [3.63, 3.8) is 0 Å². The van der Waals surface area contributed by atoms with Gasteiger partial charge < -0.3 is 5.11 Å². The number of benzene rings is 1. The second-order valence-corrected chi connectivity index (χ2v) is 5.06. The Bertz CT molecular complexity index is 637. The zero-order chi connectivity index (χ0) is 15.4. The second kappa shape index (κ2) is 6.67. The molecule has 0 saturated carbocycles. The van der Waals surface area contributed by atoms with Crippen molar-refractivity contribution in [3.05, 3.63) is 46.0 Å². The minimum Gasteiger partial charge on any atom is -0.476 e. The van der Waals surface area contributed by atoms with E-state index in [1.54, 1.807) is 6.07 Å². The van der Waals surface area contributed by atoms with E-state index < -0.39 is 11.8 Å². The average Bonchev–Trinajstić information content (AvgIpc) is 2.83. The second-order valence-electron chi connectivity index (χ2n) is 4.65. The van der Waals surface area contributed by atoms with Gasteiger partial charge in [0.1, 0.15) is 5.82 Å². The normalized spacial score (nSPS) is 10.8. The molecule has 112 valence electrons. The van der Waals surface area contributed by atoms with Crippen LogP contribution in [0.25, 0.3) is 0 Å². The maximum atomic E-state index is 13.8. The molecule has 1 aromatic carbocycles. The van der Waals surface area contributed by atoms with E-state index in [2.05, 4.69) is 10.3 Å². The van der Waals surface area contributed by atoms with Crippen LogP contribution >= 0.6 is 11.6 Å².